The third-order valence-electron chi connectivity index (χ3n) is 3.66. The molecule has 134 valence electrons. The van der Waals surface area contributed by atoms with E-state index in [1.54, 1.807) is 19.2 Å². The molecule has 1 unspecified atom stereocenters. The molecule has 0 aliphatic carbocycles. The molecule has 0 aliphatic rings. The fraction of sp³-hybridized carbons (Fsp3) is 0.529. The molecule has 0 fully saturated rings. The minimum atomic E-state index is -0.547. The first-order valence-electron chi connectivity index (χ1n) is 7.91. The number of amides is 1. The zero-order valence-corrected chi connectivity index (χ0v) is 16.3. The molecule has 0 spiro atoms. The molecule has 1 atom stereocenters. The average Bonchev–Trinajstić information content (AvgIpc) is 2.51. The van der Waals surface area contributed by atoms with Gasteiger partial charge in [-0.05, 0) is 45.4 Å². The molecule has 0 saturated heterocycles. The lowest BCUT2D eigenvalue weighted by Gasteiger charge is -2.26. The molecule has 5 nitrogen and oxygen atoms in total. The average molecular weight is 373 g/mol. The minimum Gasteiger partial charge on any atom is -0.356 e. The number of aliphatic imine (C=N–C) groups is 1. The van der Waals surface area contributed by atoms with Crippen molar-refractivity contribution >= 4 is 35.1 Å². The zero-order chi connectivity index (χ0) is 18.3. The molecule has 1 aromatic rings. The van der Waals surface area contributed by atoms with Crippen molar-refractivity contribution in [2.75, 3.05) is 20.1 Å². The number of hydrogen-bond donors (Lipinski definition) is 3. The van der Waals surface area contributed by atoms with E-state index in [9.17, 15) is 4.79 Å². The Morgan fingerprint density at radius 3 is 2.50 bits per heavy atom. The summed E-state index contributed by atoms with van der Waals surface area (Å²) in [4.78, 5) is 16.2. The van der Waals surface area contributed by atoms with Gasteiger partial charge in [-0.25, -0.2) is 0 Å². The van der Waals surface area contributed by atoms with Crippen molar-refractivity contribution < 1.29 is 4.79 Å². The van der Waals surface area contributed by atoms with E-state index < -0.39 is 5.41 Å². The summed E-state index contributed by atoms with van der Waals surface area (Å²) in [6, 6.07) is 5.34. The maximum atomic E-state index is 12.0. The van der Waals surface area contributed by atoms with Crippen LogP contribution in [0.4, 0.5) is 0 Å². The van der Waals surface area contributed by atoms with Crippen LogP contribution < -0.4 is 16.0 Å². The number of benzene rings is 1. The molecule has 0 bridgehead atoms. The van der Waals surface area contributed by atoms with E-state index in [1.807, 2.05) is 33.8 Å². The van der Waals surface area contributed by atoms with Crippen LogP contribution in [0.15, 0.2) is 23.2 Å². The van der Waals surface area contributed by atoms with Gasteiger partial charge in [0.05, 0.1) is 11.5 Å². The van der Waals surface area contributed by atoms with Gasteiger partial charge in [0.25, 0.3) is 0 Å². The second-order valence-electron chi connectivity index (χ2n) is 6.20. The van der Waals surface area contributed by atoms with Crippen LogP contribution in [0.2, 0.25) is 10.0 Å². The predicted molar refractivity (Wildman–Crippen MR) is 102 cm³/mol. The highest BCUT2D eigenvalue weighted by atomic mass is 35.5. The molecule has 0 saturated carbocycles. The van der Waals surface area contributed by atoms with Gasteiger partial charge in [-0.1, -0.05) is 29.3 Å². The lowest BCUT2D eigenvalue weighted by atomic mass is 9.92. The highest BCUT2D eigenvalue weighted by molar-refractivity contribution is 6.35. The first kappa shape index (κ1) is 20.6. The molecule has 0 aliphatic heterocycles. The van der Waals surface area contributed by atoms with Gasteiger partial charge in [-0.15, -0.1) is 0 Å². The second kappa shape index (κ2) is 9.14. The number of rotatable bonds is 6. The van der Waals surface area contributed by atoms with Crippen LogP contribution in [0.5, 0.6) is 0 Å². The molecule has 24 heavy (non-hydrogen) atoms. The van der Waals surface area contributed by atoms with Gasteiger partial charge in [-0.2, -0.15) is 0 Å². The van der Waals surface area contributed by atoms with E-state index in [1.165, 1.54) is 0 Å². The normalized spacial score (nSPS) is 13.4. The van der Waals surface area contributed by atoms with Crippen LogP contribution in [-0.4, -0.2) is 32.0 Å². The Bertz CT molecular complexity index is 602. The van der Waals surface area contributed by atoms with Crippen LogP contribution in [0.1, 0.15) is 39.3 Å². The fourth-order valence-electron chi connectivity index (χ4n) is 2.11. The quantitative estimate of drug-likeness (QED) is 0.529. The van der Waals surface area contributed by atoms with Crippen LogP contribution in [0, 0.1) is 5.41 Å². The molecule has 7 heteroatoms. The molecule has 1 amide bonds. The summed E-state index contributed by atoms with van der Waals surface area (Å²) >= 11 is 12.2. The number of carbonyl (C=O) groups is 1. The van der Waals surface area contributed by atoms with Gasteiger partial charge >= 0.3 is 0 Å². The van der Waals surface area contributed by atoms with Crippen molar-refractivity contribution in [3.8, 4) is 0 Å². The summed E-state index contributed by atoms with van der Waals surface area (Å²) in [6.45, 7) is 8.73. The monoisotopic (exact) mass is 372 g/mol. The molecule has 0 heterocycles. The lowest BCUT2D eigenvalue weighted by Crippen LogP contribution is -2.48. The van der Waals surface area contributed by atoms with Crippen molar-refractivity contribution in [3.05, 3.63) is 33.8 Å². The summed E-state index contributed by atoms with van der Waals surface area (Å²) in [5.74, 6) is 0.604. The third-order valence-corrected chi connectivity index (χ3v) is 4.22. The van der Waals surface area contributed by atoms with E-state index >= 15 is 0 Å². The van der Waals surface area contributed by atoms with Gasteiger partial charge < -0.3 is 16.0 Å². The number of halogens is 2. The summed E-state index contributed by atoms with van der Waals surface area (Å²) in [7, 11) is 1.69. The van der Waals surface area contributed by atoms with Gasteiger partial charge in [0.1, 0.15) is 0 Å². The number of carbonyl (C=O) groups excluding carboxylic acids is 1. The van der Waals surface area contributed by atoms with E-state index in [0.717, 1.165) is 5.56 Å². The molecule has 1 rings (SSSR count). The molecule has 0 radical (unpaired) electrons. The molecular weight excluding hydrogens is 347 g/mol. The number of nitrogens with one attached hydrogen (secondary N) is 3. The van der Waals surface area contributed by atoms with Crippen LogP contribution in [-0.2, 0) is 4.79 Å². The highest BCUT2D eigenvalue weighted by Crippen LogP contribution is 2.26. The van der Waals surface area contributed by atoms with Crippen LogP contribution >= 0.6 is 23.2 Å². The topological polar surface area (TPSA) is 65.5 Å². The fourth-order valence-corrected chi connectivity index (χ4v) is 2.69. The predicted octanol–water partition coefficient (Wildman–Crippen LogP) is 3.38. The van der Waals surface area contributed by atoms with E-state index in [-0.39, 0.29) is 11.9 Å². The van der Waals surface area contributed by atoms with Gasteiger partial charge in [-0.3, -0.25) is 9.79 Å². The number of guanidine groups is 1. The Morgan fingerprint density at radius 1 is 1.29 bits per heavy atom. The van der Waals surface area contributed by atoms with Gasteiger partial charge in [0, 0.05) is 30.2 Å². The molecular formula is C17H26Cl2N4O. The molecule has 0 aromatic heterocycles. The Kier molecular flexibility index (Phi) is 7.84. The van der Waals surface area contributed by atoms with E-state index in [0.29, 0.717) is 29.1 Å². The maximum Gasteiger partial charge on any atom is 0.227 e. The zero-order valence-electron chi connectivity index (χ0n) is 14.8. The maximum absolute atomic E-state index is 12.0. The third kappa shape index (κ3) is 5.87. The smallest absolute Gasteiger partial charge is 0.227 e. The van der Waals surface area contributed by atoms with Gasteiger partial charge in [0.15, 0.2) is 5.96 Å². The molecule has 3 N–H and O–H groups in total. The summed E-state index contributed by atoms with van der Waals surface area (Å²) in [6.07, 6.45) is 0. The SMILES string of the molecule is CCNC(=O)C(C)(C)CNC(=NC)NC(C)c1ccc(Cl)cc1Cl. The van der Waals surface area contributed by atoms with Crippen molar-refractivity contribution in [2.45, 2.75) is 33.7 Å². The summed E-state index contributed by atoms with van der Waals surface area (Å²) < 4.78 is 0. The Morgan fingerprint density at radius 2 is 1.96 bits per heavy atom. The largest absolute Gasteiger partial charge is 0.356 e. The lowest BCUT2D eigenvalue weighted by molar-refractivity contribution is -0.128. The summed E-state index contributed by atoms with van der Waals surface area (Å²) in [5.41, 5.74) is 0.376. The first-order chi connectivity index (χ1) is 11.2. The Hall–Kier alpha value is -1.46. The minimum absolute atomic E-state index is 0.00162. The Labute approximate surface area is 154 Å². The number of nitrogens with zero attached hydrogens (tertiary/aromatic N) is 1. The Balaban J connectivity index is 2.69. The highest BCUT2D eigenvalue weighted by Gasteiger charge is 2.27. The summed E-state index contributed by atoms with van der Waals surface area (Å²) in [5, 5.41) is 10.5. The van der Waals surface area contributed by atoms with Crippen molar-refractivity contribution in [2.24, 2.45) is 10.4 Å². The van der Waals surface area contributed by atoms with E-state index in [4.69, 9.17) is 23.2 Å². The number of hydrogen-bond acceptors (Lipinski definition) is 2. The first-order valence-corrected chi connectivity index (χ1v) is 8.67. The van der Waals surface area contributed by atoms with Crippen molar-refractivity contribution in [3.63, 3.8) is 0 Å². The van der Waals surface area contributed by atoms with Gasteiger partial charge in [0.2, 0.25) is 5.91 Å². The standard InChI is InChI=1S/C17H26Cl2N4O/c1-6-21-15(24)17(3,4)10-22-16(20-5)23-11(2)13-8-7-12(18)9-14(13)19/h7-9,11H,6,10H2,1-5H3,(H,21,24)(H2,20,22,23). The van der Waals surface area contributed by atoms with Crippen molar-refractivity contribution in [1.29, 1.82) is 0 Å². The van der Waals surface area contributed by atoms with Crippen molar-refractivity contribution in [1.82, 2.24) is 16.0 Å². The molecule has 1 aromatic carbocycles. The second-order valence-corrected chi connectivity index (χ2v) is 7.04. The van der Waals surface area contributed by atoms with E-state index in [2.05, 4.69) is 20.9 Å². The van der Waals surface area contributed by atoms with Crippen LogP contribution in [0.25, 0.3) is 0 Å². The van der Waals surface area contributed by atoms with Crippen LogP contribution in [0.3, 0.4) is 0 Å².